The number of nitro groups is 1. The Kier molecular flexibility index (Phi) is 3.23. The Labute approximate surface area is 106 Å². The van der Waals surface area contributed by atoms with Gasteiger partial charge in [0, 0.05) is 12.1 Å². The third-order valence-corrected chi connectivity index (χ3v) is 2.37. The van der Waals surface area contributed by atoms with Crippen LogP contribution >= 0.6 is 0 Å². The number of benzene rings is 1. The molecule has 0 bridgehead atoms. The van der Waals surface area contributed by atoms with Crippen molar-refractivity contribution >= 4 is 22.6 Å². The van der Waals surface area contributed by atoms with Crippen LogP contribution in [0.25, 0.3) is 10.9 Å². The van der Waals surface area contributed by atoms with Gasteiger partial charge in [-0.05, 0) is 13.0 Å². The molecule has 0 atom stereocenters. The van der Waals surface area contributed by atoms with Crippen molar-refractivity contribution in [1.29, 1.82) is 0 Å². The van der Waals surface area contributed by atoms with E-state index in [9.17, 15) is 19.7 Å². The van der Waals surface area contributed by atoms with Gasteiger partial charge in [0.25, 0.3) is 11.2 Å². The van der Waals surface area contributed by atoms with Gasteiger partial charge >= 0.3 is 5.97 Å². The average Bonchev–Trinajstić information content (AvgIpc) is 2.38. The van der Waals surface area contributed by atoms with Crippen LogP contribution in [-0.4, -0.2) is 27.5 Å². The number of fused-ring (bicyclic) bond motifs is 1. The molecule has 0 saturated carbocycles. The van der Waals surface area contributed by atoms with Crippen LogP contribution in [0.2, 0.25) is 0 Å². The number of H-pyrrole nitrogens is 1. The van der Waals surface area contributed by atoms with Crippen LogP contribution < -0.4 is 5.56 Å². The number of carbonyl (C=O) groups excluding carboxylic acids is 1. The summed E-state index contributed by atoms with van der Waals surface area (Å²) in [6.45, 7) is 1.75. The zero-order valence-electron chi connectivity index (χ0n) is 9.87. The van der Waals surface area contributed by atoms with Gasteiger partial charge in [-0.3, -0.25) is 14.9 Å². The van der Waals surface area contributed by atoms with E-state index in [1.54, 1.807) is 6.92 Å². The van der Waals surface area contributed by atoms with Crippen LogP contribution in [0.5, 0.6) is 0 Å². The van der Waals surface area contributed by atoms with Crippen molar-refractivity contribution in [3.63, 3.8) is 0 Å². The average molecular weight is 263 g/mol. The fourth-order valence-corrected chi connectivity index (χ4v) is 1.54. The second kappa shape index (κ2) is 4.84. The Hall–Kier alpha value is -2.77. The summed E-state index contributed by atoms with van der Waals surface area (Å²) in [6, 6.07) is 3.62. The fraction of sp³-hybridized carbons (Fsp3) is 0.182. The molecule has 0 unspecified atom stereocenters. The third kappa shape index (κ3) is 2.41. The molecule has 1 N–H and O–H groups in total. The molecule has 0 amide bonds. The molecule has 0 fully saturated rings. The largest absolute Gasteiger partial charge is 0.460 e. The Morgan fingerprint density at radius 2 is 2.26 bits per heavy atom. The van der Waals surface area contributed by atoms with Crippen LogP contribution in [0, 0.1) is 10.1 Å². The molecule has 2 rings (SSSR count). The highest BCUT2D eigenvalue weighted by molar-refractivity contribution is 5.89. The minimum absolute atomic E-state index is 0.0704. The normalized spacial score (nSPS) is 10.4. The molecule has 0 aliphatic heterocycles. The second-order valence-electron chi connectivity index (χ2n) is 3.59. The van der Waals surface area contributed by atoms with E-state index in [0.29, 0.717) is 0 Å². The number of nitrogens with one attached hydrogen (secondary N) is 1. The van der Waals surface area contributed by atoms with Crippen molar-refractivity contribution in [2.75, 3.05) is 6.61 Å². The maximum absolute atomic E-state index is 11.7. The molecule has 0 aliphatic carbocycles. The maximum atomic E-state index is 11.7. The van der Waals surface area contributed by atoms with Crippen molar-refractivity contribution in [2.24, 2.45) is 0 Å². The van der Waals surface area contributed by atoms with E-state index < -0.39 is 16.5 Å². The molecule has 1 aromatic carbocycles. The summed E-state index contributed by atoms with van der Waals surface area (Å²) >= 11 is 0. The summed E-state index contributed by atoms with van der Waals surface area (Å²) in [7, 11) is 0. The molecule has 0 aliphatic rings. The number of esters is 1. The summed E-state index contributed by atoms with van der Waals surface area (Å²) in [6.07, 6.45) is 0. The number of non-ortho nitro benzene ring substituents is 1. The highest BCUT2D eigenvalue weighted by Gasteiger charge is 2.14. The van der Waals surface area contributed by atoms with Crippen LogP contribution in [0.4, 0.5) is 5.69 Å². The zero-order valence-corrected chi connectivity index (χ0v) is 9.87. The Balaban J connectivity index is 2.62. The van der Waals surface area contributed by atoms with Gasteiger partial charge in [0.1, 0.15) is 0 Å². The molecule has 98 valence electrons. The highest BCUT2D eigenvalue weighted by Crippen LogP contribution is 2.16. The monoisotopic (exact) mass is 263 g/mol. The van der Waals surface area contributed by atoms with Gasteiger partial charge in [0.15, 0.2) is 0 Å². The molecular weight excluding hydrogens is 254 g/mol. The summed E-state index contributed by atoms with van der Waals surface area (Å²) in [5.74, 6) is -1.06. The smallest absolute Gasteiger partial charge is 0.374 e. The highest BCUT2D eigenvalue weighted by atomic mass is 16.6. The van der Waals surface area contributed by atoms with E-state index >= 15 is 0 Å². The first-order valence-electron chi connectivity index (χ1n) is 5.38. The summed E-state index contributed by atoms with van der Waals surface area (Å²) in [4.78, 5) is 39.4. The summed E-state index contributed by atoms with van der Waals surface area (Å²) in [5, 5.41) is 10.8. The van der Waals surface area contributed by atoms with Crippen LogP contribution in [-0.2, 0) is 4.74 Å². The van der Waals surface area contributed by atoms with Gasteiger partial charge < -0.3 is 9.72 Å². The number of rotatable bonds is 3. The maximum Gasteiger partial charge on any atom is 0.374 e. The van der Waals surface area contributed by atoms with E-state index in [1.807, 2.05) is 0 Å². The predicted octanol–water partition coefficient (Wildman–Crippen LogP) is 1.01. The number of hydrogen-bond donors (Lipinski definition) is 1. The van der Waals surface area contributed by atoms with Crippen molar-refractivity contribution in [3.8, 4) is 0 Å². The molecule has 1 heterocycles. The van der Waals surface area contributed by atoms with E-state index in [1.165, 1.54) is 12.1 Å². The molecule has 0 radical (unpaired) electrons. The second-order valence-corrected chi connectivity index (χ2v) is 3.59. The van der Waals surface area contributed by atoms with Gasteiger partial charge in [-0.15, -0.1) is 0 Å². The van der Waals surface area contributed by atoms with Crippen molar-refractivity contribution < 1.29 is 14.5 Å². The number of carbonyl (C=O) groups is 1. The van der Waals surface area contributed by atoms with Crippen LogP contribution in [0.1, 0.15) is 17.5 Å². The van der Waals surface area contributed by atoms with Gasteiger partial charge in [0.2, 0.25) is 5.82 Å². The molecule has 2 aromatic rings. The number of hydrogen-bond acceptors (Lipinski definition) is 6. The zero-order chi connectivity index (χ0) is 14.0. The van der Waals surface area contributed by atoms with E-state index in [-0.39, 0.29) is 29.0 Å². The van der Waals surface area contributed by atoms with Gasteiger partial charge in [-0.2, -0.15) is 0 Å². The molecule has 19 heavy (non-hydrogen) atoms. The Bertz CT molecular complexity index is 722. The van der Waals surface area contributed by atoms with Gasteiger partial charge in [0.05, 0.1) is 22.4 Å². The fourth-order valence-electron chi connectivity index (χ4n) is 1.54. The Morgan fingerprint density at radius 1 is 1.53 bits per heavy atom. The third-order valence-electron chi connectivity index (χ3n) is 2.37. The number of nitro benzene ring substituents is 1. The number of ether oxygens (including phenoxy) is 1. The van der Waals surface area contributed by atoms with E-state index in [4.69, 9.17) is 4.74 Å². The lowest BCUT2D eigenvalue weighted by molar-refractivity contribution is -0.384. The van der Waals surface area contributed by atoms with Gasteiger partial charge in [-0.1, -0.05) is 0 Å². The minimum Gasteiger partial charge on any atom is -0.460 e. The molecule has 0 spiro atoms. The SMILES string of the molecule is CCOC(=O)c1nc2cc([N+](=O)[O-])ccc2c(=O)[nH]1. The standard InChI is InChI=1S/C11H9N3O5/c1-2-19-11(16)9-12-8-5-6(14(17)18)3-4-7(8)10(15)13-9/h3-5H,2H2,1H3,(H,12,13,15). The minimum atomic E-state index is -0.784. The van der Waals surface area contributed by atoms with E-state index in [0.717, 1.165) is 6.07 Å². The molecular formula is C11H9N3O5. The summed E-state index contributed by atoms with van der Waals surface area (Å²) in [5.41, 5.74) is -0.690. The lowest BCUT2D eigenvalue weighted by Crippen LogP contribution is -2.17. The van der Waals surface area contributed by atoms with Crippen molar-refractivity contribution in [3.05, 3.63) is 44.5 Å². The van der Waals surface area contributed by atoms with Crippen molar-refractivity contribution in [2.45, 2.75) is 6.92 Å². The lowest BCUT2D eigenvalue weighted by atomic mass is 10.2. The number of nitrogens with zero attached hydrogens (tertiary/aromatic N) is 2. The first-order chi connectivity index (χ1) is 9.02. The molecule has 8 nitrogen and oxygen atoms in total. The number of aromatic amines is 1. The quantitative estimate of drug-likeness (QED) is 0.502. The van der Waals surface area contributed by atoms with Gasteiger partial charge in [-0.25, -0.2) is 9.78 Å². The summed E-state index contributed by atoms with van der Waals surface area (Å²) < 4.78 is 4.70. The number of aromatic nitrogens is 2. The molecule has 1 aromatic heterocycles. The van der Waals surface area contributed by atoms with Crippen molar-refractivity contribution in [1.82, 2.24) is 9.97 Å². The first kappa shape index (κ1) is 12.7. The van der Waals surface area contributed by atoms with E-state index in [2.05, 4.69) is 9.97 Å². The lowest BCUT2D eigenvalue weighted by Gasteiger charge is -2.02. The molecule has 8 heteroatoms. The first-order valence-corrected chi connectivity index (χ1v) is 5.38. The molecule has 0 saturated heterocycles. The Morgan fingerprint density at radius 3 is 2.89 bits per heavy atom. The predicted molar refractivity (Wildman–Crippen MR) is 65.0 cm³/mol. The van der Waals surface area contributed by atoms with Crippen LogP contribution in [0.3, 0.4) is 0 Å². The van der Waals surface area contributed by atoms with Crippen LogP contribution in [0.15, 0.2) is 23.0 Å². The topological polar surface area (TPSA) is 115 Å².